The zero-order valence-corrected chi connectivity index (χ0v) is 15.9. The van der Waals surface area contributed by atoms with Gasteiger partial charge in [-0.2, -0.15) is 0 Å². The Morgan fingerprint density at radius 2 is 1.70 bits per heavy atom. The molecule has 30 heavy (non-hydrogen) atoms. The number of ether oxygens (including phenoxy) is 1. The third kappa shape index (κ3) is 5.41. The quantitative estimate of drug-likeness (QED) is 0.426. The van der Waals surface area contributed by atoms with Gasteiger partial charge in [-0.15, -0.1) is 0 Å². The first-order chi connectivity index (χ1) is 14.5. The number of pyridine rings is 1. The summed E-state index contributed by atoms with van der Waals surface area (Å²) in [5.41, 5.74) is 2.19. The molecule has 0 aliphatic carbocycles. The number of nitrogens with one attached hydrogen (secondary N) is 1. The topological polar surface area (TPSA) is 121 Å². The van der Waals surface area contributed by atoms with Gasteiger partial charge in [0, 0.05) is 35.4 Å². The average Bonchev–Trinajstić information content (AvgIpc) is 3.11. The lowest BCUT2D eigenvalue weighted by atomic mass is 10.0. The third-order valence-electron chi connectivity index (χ3n) is 4.02. The van der Waals surface area contributed by atoms with Crippen molar-refractivity contribution in [2.24, 2.45) is 4.99 Å². The molecule has 0 fully saturated rings. The van der Waals surface area contributed by atoms with E-state index in [-0.39, 0.29) is 0 Å². The summed E-state index contributed by atoms with van der Waals surface area (Å²) in [7, 11) is 0. The summed E-state index contributed by atoms with van der Waals surface area (Å²) >= 11 is 0. The predicted octanol–water partition coefficient (Wildman–Crippen LogP) is 3.01. The number of benzene rings is 2. The Balaban J connectivity index is 0.000000275. The van der Waals surface area contributed by atoms with Crippen LogP contribution in [0.25, 0.3) is 10.8 Å². The SMILES string of the molecule is O=C(O)/C=C/C(=O)O.c1ccc(OCCNC2=Nc3cccc4cccc2c34)nc1. The molecule has 2 aromatic carbocycles. The predicted molar refractivity (Wildman–Crippen MR) is 112 cm³/mol. The molecule has 2 heterocycles. The monoisotopic (exact) mass is 405 g/mol. The maximum atomic E-state index is 9.55. The van der Waals surface area contributed by atoms with Crippen LogP contribution in [0.15, 0.2) is 77.9 Å². The molecule has 0 saturated carbocycles. The molecule has 152 valence electrons. The molecule has 1 aliphatic rings. The van der Waals surface area contributed by atoms with Gasteiger partial charge in [0.25, 0.3) is 0 Å². The number of nitrogens with zero attached hydrogens (tertiary/aromatic N) is 2. The Bertz CT molecular complexity index is 1090. The van der Waals surface area contributed by atoms with Crippen molar-refractivity contribution in [1.29, 1.82) is 0 Å². The van der Waals surface area contributed by atoms with Crippen LogP contribution in [0.1, 0.15) is 5.56 Å². The van der Waals surface area contributed by atoms with Gasteiger partial charge < -0.3 is 20.3 Å². The number of aliphatic imine (C=N–C) groups is 1. The Labute approximate surface area is 172 Å². The van der Waals surface area contributed by atoms with Crippen LogP contribution in [0.3, 0.4) is 0 Å². The second-order valence-corrected chi connectivity index (χ2v) is 6.09. The van der Waals surface area contributed by atoms with E-state index in [1.807, 2.05) is 30.3 Å². The van der Waals surface area contributed by atoms with Crippen LogP contribution in [-0.4, -0.2) is 46.1 Å². The first-order valence-corrected chi connectivity index (χ1v) is 9.07. The Morgan fingerprint density at radius 1 is 0.967 bits per heavy atom. The lowest BCUT2D eigenvalue weighted by Crippen LogP contribution is -2.28. The van der Waals surface area contributed by atoms with Gasteiger partial charge in [-0.3, -0.25) is 0 Å². The highest BCUT2D eigenvalue weighted by Gasteiger charge is 2.17. The molecule has 4 rings (SSSR count). The van der Waals surface area contributed by atoms with Gasteiger partial charge in [0.1, 0.15) is 12.4 Å². The summed E-state index contributed by atoms with van der Waals surface area (Å²) in [4.78, 5) is 27.9. The van der Waals surface area contributed by atoms with Crippen molar-refractivity contribution in [3.63, 3.8) is 0 Å². The Kier molecular flexibility index (Phi) is 6.73. The number of hydrogen-bond donors (Lipinski definition) is 3. The van der Waals surface area contributed by atoms with Crippen LogP contribution < -0.4 is 10.1 Å². The molecule has 1 aliphatic heterocycles. The van der Waals surface area contributed by atoms with Gasteiger partial charge in [0.2, 0.25) is 5.88 Å². The molecule has 1 aromatic heterocycles. The van der Waals surface area contributed by atoms with Crippen LogP contribution in [-0.2, 0) is 9.59 Å². The fraction of sp³-hybridized carbons (Fsp3) is 0.0909. The normalized spacial score (nSPS) is 11.5. The molecule has 0 bridgehead atoms. The number of rotatable bonds is 6. The van der Waals surface area contributed by atoms with Crippen molar-refractivity contribution in [3.8, 4) is 5.88 Å². The molecule has 0 spiro atoms. The molecule has 0 atom stereocenters. The van der Waals surface area contributed by atoms with E-state index in [2.05, 4.69) is 39.6 Å². The standard InChI is InChI=1S/C18H15N3O.C4H4O4/c1-2-10-19-16(9-1)22-12-11-20-18-14-7-3-5-13-6-4-8-15(21-18)17(13)14;5-3(6)1-2-4(7)8/h1-10H,11-12H2,(H,20,21);1-2H,(H,5,6)(H,7,8)/b;2-1+. The summed E-state index contributed by atoms with van der Waals surface area (Å²) < 4.78 is 5.59. The number of carboxylic acids is 2. The minimum absolute atomic E-state index is 0.544. The maximum absolute atomic E-state index is 9.55. The van der Waals surface area contributed by atoms with Crippen molar-refractivity contribution < 1.29 is 24.5 Å². The average molecular weight is 405 g/mol. The van der Waals surface area contributed by atoms with Gasteiger partial charge in [-0.05, 0) is 17.5 Å². The van der Waals surface area contributed by atoms with Crippen LogP contribution in [0.5, 0.6) is 5.88 Å². The zero-order valence-electron chi connectivity index (χ0n) is 15.9. The van der Waals surface area contributed by atoms with Gasteiger partial charge in [0.15, 0.2) is 0 Å². The van der Waals surface area contributed by atoms with Gasteiger partial charge in [-0.25, -0.2) is 19.6 Å². The van der Waals surface area contributed by atoms with E-state index in [4.69, 9.17) is 14.9 Å². The van der Waals surface area contributed by atoms with E-state index in [0.717, 1.165) is 17.1 Å². The van der Waals surface area contributed by atoms with E-state index in [0.29, 0.717) is 31.2 Å². The number of hydrogen-bond acceptors (Lipinski definition) is 6. The fourth-order valence-electron chi connectivity index (χ4n) is 2.83. The van der Waals surface area contributed by atoms with E-state index < -0.39 is 11.9 Å². The molecule has 3 N–H and O–H groups in total. The molecule has 0 saturated heterocycles. The molecule has 3 aromatic rings. The second kappa shape index (κ2) is 9.83. The molecule has 0 unspecified atom stereocenters. The molecule has 0 amide bonds. The zero-order chi connectivity index (χ0) is 21.3. The molecule has 8 heteroatoms. The highest BCUT2D eigenvalue weighted by molar-refractivity contribution is 6.18. The highest BCUT2D eigenvalue weighted by Crippen LogP contribution is 2.34. The summed E-state index contributed by atoms with van der Waals surface area (Å²) in [5, 5.41) is 21.4. The molecule has 0 radical (unpaired) electrons. The van der Waals surface area contributed by atoms with Gasteiger partial charge in [0.05, 0.1) is 12.2 Å². The van der Waals surface area contributed by atoms with Crippen molar-refractivity contribution >= 4 is 34.2 Å². The minimum atomic E-state index is -1.26. The molecule has 8 nitrogen and oxygen atoms in total. The van der Waals surface area contributed by atoms with Crippen molar-refractivity contribution in [2.75, 3.05) is 13.2 Å². The maximum Gasteiger partial charge on any atom is 0.328 e. The Morgan fingerprint density at radius 3 is 2.37 bits per heavy atom. The van der Waals surface area contributed by atoms with Crippen LogP contribution in [0, 0.1) is 0 Å². The van der Waals surface area contributed by atoms with Crippen molar-refractivity contribution in [2.45, 2.75) is 0 Å². The number of aliphatic carboxylic acids is 2. The third-order valence-corrected chi connectivity index (χ3v) is 4.02. The number of amidine groups is 1. The van der Waals surface area contributed by atoms with E-state index >= 15 is 0 Å². The largest absolute Gasteiger partial charge is 0.478 e. The van der Waals surface area contributed by atoms with E-state index in [9.17, 15) is 9.59 Å². The molecular formula is C22H19N3O5. The van der Waals surface area contributed by atoms with Crippen LogP contribution in [0.2, 0.25) is 0 Å². The van der Waals surface area contributed by atoms with Crippen molar-refractivity contribution in [3.05, 3.63) is 78.5 Å². The minimum Gasteiger partial charge on any atom is -0.478 e. The second-order valence-electron chi connectivity index (χ2n) is 6.09. The van der Waals surface area contributed by atoms with Crippen LogP contribution in [0.4, 0.5) is 5.69 Å². The lowest BCUT2D eigenvalue weighted by molar-refractivity contribution is -0.134. The number of carbonyl (C=O) groups is 2. The summed E-state index contributed by atoms with van der Waals surface area (Å²) in [6.45, 7) is 1.22. The summed E-state index contributed by atoms with van der Waals surface area (Å²) in [6, 6.07) is 18.1. The first-order valence-electron chi connectivity index (χ1n) is 9.07. The summed E-state index contributed by atoms with van der Waals surface area (Å²) in [6.07, 6.45) is 2.84. The smallest absolute Gasteiger partial charge is 0.328 e. The number of carboxylic acid groups (broad SMARTS) is 2. The van der Waals surface area contributed by atoms with Crippen LogP contribution >= 0.6 is 0 Å². The Hall–Kier alpha value is -4.20. The lowest BCUT2D eigenvalue weighted by Gasteiger charge is -2.08. The highest BCUT2D eigenvalue weighted by atomic mass is 16.5. The first kappa shape index (κ1) is 20.5. The van der Waals surface area contributed by atoms with Crippen molar-refractivity contribution in [1.82, 2.24) is 10.3 Å². The van der Waals surface area contributed by atoms with Gasteiger partial charge in [-0.1, -0.05) is 36.4 Å². The summed E-state index contributed by atoms with van der Waals surface area (Å²) in [5.74, 6) is -0.959. The van der Waals surface area contributed by atoms with E-state index in [1.165, 1.54) is 10.8 Å². The van der Waals surface area contributed by atoms with E-state index in [1.54, 1.807) is 6.20 Å². The fourth-order valence-corrected chi connectivity index (χ4v) is 2.83. The van der Waals surface area contributed by atoms with Gasteiger partial charge >= 0.3 is 11.9 Å². The number of aromatic nitrogens is 1. The molecular weight excluding hydrogens is 386 g/mol.